The molecule has 0 amide bonds. The molecular formula is C14H28N2O. The molecule has 2 atom stereocenters. The molecule has 0 bridgehead atoms. The van der Waals surface area contributed by atoms with Gasteiger partial charge in [0.15, 0.2) is 0 Å². The molecule has 1 heterocycles. The van der Waals surface area contributed by atoms with Crippen molar-refractivity contribution in [2.45, 2.75) is 51.2 Å². The Morgan fingerprint density at radius 1 is 1.29 bits per heavy atom. The second-order valence-corrected chi connectivity index (χ2v) is 6.00. The van der Waals surface area contributed by atoms with Crippen molar-refractivity contribution in [3.8, 4) is 0 Å². The molecule has 0 aromatic carbocycles. The molecule has 0 aromatic heterocycles. The highest BCUT2D eigenvalue weighted by molar-refractivity contribution is 4.81. The number of nitrogens with zero attached hydrogens (tertiary/aromatic N) is 1. The van der Waals surface area contributed by atoms with Crippen LogP contribution in [-0.2, 0) is 4.74 Å². The minimum atomic E-state index is 0.484. The van der Waals surface area contributed by atoms with E-state index in [1.165, 1.54) is 45.2 Å². The summed E-state index contributed by atoms with van der Waals surface area (Å²) < 4.78 is 5.78. The van der Waals surface area contributed by atoms with Crippen LogP contribution >= 0.6 is 0 Å². The van der Waals surface area contributed by atoms with E-state index in [4.69, 9.17) is 4.74 Å². The van der Waals surface area contributed by atoms with E-state index in [0.717, 1.165) is 25.1 Å². The van der Waals surface area contributed by atoms with Gasteiger partial charge >= 0.3 is 0 Å². The summed E-state index contributed by atoms with van der Waals surface area (Å²) in [6.07, 6.45) is 7.10. The number of likely N-dealkylation sites (N-methyl/N-ethyl adjacent to an activating group) is 1. The highest BCUT2D eigenvalue weighted by atomic mass is 16.5. The fourth-order valence-corrected chi connectivity index (χ4v) is 2.63. The quantitative estimate of drug-likeness (QED) is 0.735. The van der Waals surface area contributed by atoms with Crippen LogP contribution in [0.4, 0.5) is 0 Å². The largest absolute Gasteiger partial charge is 0.377 e. The number of rotatable bonds is 7. The third kappa shape index (κ3) is 5.36. The molecule has 1 saturated carbocycles. The molecule has 3 nitrogen and oxygen atoms in total. The maximum Gasteiger partial charge on any atom is 0.0701 e. The number of hydrogen-bond acceptors (Lipinski definition) is 3. The highest BCUT2D eigenvalue weighted by Gasteiger charge is 2.21. The Labute approximate surface area is 106 Å². The first-order chi connectivity index (χ1) is 8.24. The van der Waals surface area contributed by atoms with E-state index in [2.05, 4.69) is 24.2 Å². The van der Waals surface area contributed by atoms with Gasteiger partial charge in [0.2, 0.25) is 0 Å². The Morgan fingerprint density at radius 2 is 2.12 bits per heavy atom. The van der Waals surface area contributed by atoms with Crippen molar-refractivity contribution in [3.63, 3.8) is 0 Å². The summed E-state index contributed by atoms with van der Waals surface area (Å²) in [4.78, 5) is 2.44. The number of nitrogens with one attached hydrogen (secondary N) is 1. The fourth-order valence-electron chi connectivity index (χ4n) is 2.63. The zero-order valence-electron chi connectivity index (χ0n) is 11.5. The molecule has 17 heavy (non-hydrogen) atoms. The Morgan fingerprint density at radius 3 is 2.76 bits per heavy atom. The summed E-state index contributed by atoms with van der Waals surface area (Å²) >= 11 is 0. The topological polar surface area (TPSA) is 24.5 Å². The maximum absolute atomic E-state index is 5.78. The van der Waals surface area contributed by atoms with Crippen molar-refractivity contribution in [2.24, 2.45) is 5.92 Å². The predicted octanol–water partition coefficient (Wildman–Crippen LogP) is 1.88. The summed E-state index contributed by atoms with van der Waals surface area (Å²) in [7, 11) is 2.23. The lowest BCUT2D eigenvalue weighted by Crippen LogP contribution is -2.37. The van der Waals surface area contributed by atoms with Crippen molar-refractivity contribution in [1.29, 1.82) is 0 Å². The standard InChI is InChI=1S/C14H28N2O/c1-12(9-15-13-6-7-13)10-16(2)11-14-5-3-4-8-17-14/h12-15H,3-11H2,1-2H3. The van der Waals surface area contributed by atoms with Crippen LogP contribution in [0.3, 0.4) is 0 Å². The first-order valence-corrected chi connectivity index (χ1v) is 7.27. The van der Waals surface area contributed by atoms with Crippen molar-refractivity contribution >= 4 is 0 Å². The van der Waals surface area contributed by atoms with Gasteiger partial charge in [0.25, 0.3) is 0 Å². The number of ether oxygens (including phenoxy) is 1. The molecule has 0 radical (unpaired) electrons. The molecule has 1 aliphatic carbocycles. The van der Waals surface area contributed by atoms with Crippen LogP contribution in [0.1, 0.15) is 39.0 Å². The Hall–Kier alpha value is -0.120. The molecule has 2 aliphatic rings. The summed E-state index contributed by atoms with van der Waals surface area (Å²) in [6.45, 7) is 6.76. The molecule has 2 rings (SSSR count). The molecule has 0 spiro atoms. The Balaban J connectivity index is 1.56. The van der Waals surface area contributed by atoms with Gasteiger partial charge in [-0.25, -0.2) is 0 Å². The Kier molecular flexibility index (Phi) is 5.26. The van der Waals surface area contributed by atoms with Gasteiger partial charge in [-0.15, -0.1) is 0 Å². The molecule has 1 aliphatic heterocycles. The molecule has 2 fully saturated rings. The summed E-state index contributed by atoms with van der Waals surface area (Å²) in [5.41, 5.74) is 0. The van der Waals surface area contributed by atoms with E-state index in [1.807, 2.05) is 0 Å². The third-order valence-electron chi connectivity index (χ3n) is 3.74. The molecular weight excluding hydrogens is 212 g/mol. The second kappa shape index (κ2) is 6.72. The molecule has 0 aromatic rings. The lowest BCUT2D eigenvalue weighted by atomic mass is 10.1. The van der Waals surface area contributed by atoms with Crippen LogP contribution in [0.2, 0.25) is 0 Å². The summed E-state index contributed by atoms with van der Waals surface area (Å²) in [6, 6.07) is 0.837. The van der Waals surface area contributed by atoms with Gasteiger partial charge in [0, 0.05) is 25.7 Å². The Bertz CT molecular complexity index is 212. The normalized spacial score (nSPS) is 27.4. The second-order valence-electron chi connectivity index (χ2n) is 6.00. The zero-order valence-corrected chi connectivity index (χ0v) is 11.5. The van der Waals surface area contributed by atoms with Crippen LogP contribution < -0.4 is 5.32 Å². The van der Waals surface area contributed by atoms with E-state index in [1.54, 1.807) is 0 Å². The summed E-state index contributed by atoms with van der Waals surface area (Å²) in [5, 5.41) is 3.61. The van der Waals surface area contributed by atoms with Crippen LogP contribution in [0.15, 0.2) is 0 Å². The minimum Gasteiger partial charge on any atom is -0.377 e. The zero-order chi connectivity index (χ0) is 12.1. The molecule has 3 heteroatoms. The average molecular weight is 240 g/mol. The third-order valence-corrected chi connectivity index (χ3v) is 3.74. The van der Waals surface area contributed by atoms with E-state index < -0.39 is 0 Å². The highest BCUT2D eigenvalue weighted by Crippen LogP contribution is 2.19. The first-order valence-electron chi connectivity index (χ1n) is 7.27. The number of hydrogen-bond donors (Lipinski definition) is 1. The molecule has 2 unspecified atom stereocenters. The minimum absolute atomic E-state index is 0.484. The molecule has 1 saturated heterocycles. The SMILES string of the molecule is CC(CNC1CC1)CN(C)CC1CCCCO1. The van der Waals surface area contributed by atoms with Gasteiger partial charge in [-0.2, -0.15) is 0 Å². The fraction of sp³-hybridized carbons (Fsp3) is 1.00. The van der Waals surface area contributed by atoms with Crippen molar-refractivity contribution < 1.29 is 4.74 Å². The van der Waals surface area contributed by atoms with Crippen molar-refractivity contribution in [2.75, 3.05) is 33.3 Å². The molecule has 100 valence electrons. The van der Waals surface area contributed by atoms with Gasteiger partial charge in [0.1, 0.15) is 0 Å². The summed E-state index contributed by atoms with van der Waals surface area (Å²) in [5.74, 6) is 0.740. The van der Waals surface area contributed by atoms with Gasteiger partial charge in [-0.05, 0) is 51.6 Å². The lowest BCUT2D eigenvalue weighted by Gasteiger charge is -2.29. The average Bonchev–Trinajstić information content (AvgIpc) is 3.11. The van der Waals surface area contributed by atoms with Crippen LogP contribution in [-0.4, -0.2) is 50.3 Å². The van der Waals surface area contributed by atoms with E-state index >= 15 is 0 Å². The monoisotopic (exact) mass is 240 g/mol. The van der Waals surface area contributed by atoms with Gasteiger partial charge in [0.05, 0.1) is 6.10 Å². The van der Waals surface area contributed by atoms with Crippen molar-refractivity contribution in [3.05, 3.63) is 0 Å². The van der Waals surface area contributed by atoms with E-state index in [0.29, 0.717) is 6.10 Å². The first kappa shape index (κ1) is 13.3. The van der Waals surface area contributed by atoms with E-state index in [9.17, 15) is 0 Å². The van der Waals surface area contributed by atoms with Crippen LogP contribution in [0, 0.1) is 5.92 Å². The lowest BCUT2D eigenvalue weighted by molar-refractivity contribution is -0.00312. The van der Waals surface area contributed by atoms with E-state index in [-0.39, 0.29) is 0 Å². The maximum atomic E-state index is 5.78. The molecule has 1 N–H and O–H groups in total. The van der Waals surface area contributed by atoms with Gasteiger partial charge in [-0.3, -0.25) is 0 Å². The van der Waals surface area contributed by atoms with Gasteiger partial charge < -0.3 is 15.0 Å². The van der Waals surface area contributed by atoms with Crippen LogP contribution in [0.5, 0.6) is 0 Å². The predicted molar refractivity (Wildman–Crippen MR) is 71.3 cm³/mol. The van der Waals surface area contributed by atoms with Crippen molar-refractivity contribution in [1.82, 2.24) is 10.2 Å². The smallest absolute Gasteiger partial charge is 0.0701 e. The van der Waals surface area contributed by atoms with Crippen LogP contribution in [0.25, 0.3) is 0 Å². The van der Waals surface area contributed by atoms with Gasteiger partial charge in [-0.1, -0.05) is 6.92 Å².